The van der Waals surface area contributed by atoms with Crippen LogP contribution >= 0.6 is 11.8 Å². The topological polar surface area (TPSA) is 49.7 Å². The molecule has 0 bridgehead atoms. The van der Waals surface area contributed by atoms with Crippen molar-refractivity contribution in [3.05, 3.63) is 23.1 Å². The van der Waals surface area contributed by atoms with Gasteiger partial charge in [0.25, 0.3) is 0 Å². The minimum absolute atomic E-state index is 0.185. The van der Waals surface area contributed by atoms with E-state index >= 15 is 0 Å². The molecule has 1 N–H and O–H groups in total. The molecule has 0 fully saturated rings. The van der Waals surface area contributed by atoms with Crippen molar-refractivity contribution in [3.63, 3.8) is 0 Å². The summed E-state index contributed by atoms with van der Waals surface area (Å²) in [6.07, 6.45) is 1.82. The minimum atomic E-state index is 0.185. The lowest BCUT2D eigenvalue weighted by Gasteiger charge is -1.98. The van der Waals surface area contributed by atoms with Gasteiger partial charge in [-0.25, -0.2) is 0 Å². The zero-order valence-electron chi connectivity index (χ0n) is 5.94. The zero-order valence-corrected chi connectivity index (χ0v) is 6.76. The van der Waals surface area contributed by atoms with Gasteiger partial charge in [0.1, 0.15) is 11.4 Å². The van der Waals surface area contributed by atoms with Gasteiger partial charge in [-0.05, 0) is 29.6 Å². The van der Waals surface area contributed by atoms with E-state index in [-0.39, 0.29) is 5.75 Å². The smallest absolute Gasteiger partial charge is 0.129 e. The Kier molecular flexibility index (Phi) is 2.48. The summed E-state index contributed by atoms with van der Waals surface area (Å²) in [6.45, 7) is 0. The highest BCUT2D eigenvalue weighted by Gasteiger charge is 2.00. The molecule has 0 aliphatic rings. The van der Waals surface area contributed by atoms with E-state index in [9.17, 15) is 4.91 Å². The van der Waals surface area contributed by atoms with Crippen molar-refractivity contribution in [1.82, 2.24) is 0 Å². The second-order valence-corrected chi connectivity index (χ2v) is 2.80. The molecule has 0 aliphatic heterocycles. The molecule has 0 spiro atoms. The molecular formula is C7H7NO2S. The Balaban J connectivity index is 3.12. The van der Waals surface area contributed by atoms with E-state index in [1.807, 2.05) is 6.26 Å². The first kappa shape index (κ1) is 8.07. The molecule has 1 rings (SSSR count). The molecule has 0 unspecified atom stereocenters. The summed E-state index contributed by atoms with van der Waals surface area (Å²) >= 11 is 1.38. The lowest BCUT2D eigenvalue weighted by atomic mass is 10.3. The summed E-state index contributed by atoms with van der Waals surface area (Å²) in [5.74, 6) is 0.185. The van der Waals surface area contributed by atoms with Crippen LogP contribution in [0.25, 0.3) is 0 Å². The molecule has 0 saturated heterocycles. The summed E-state index contributed by atoms with van der Waals surface area (Å²) in [7, 11) is 0. The van der Waals surface area contributed by atoms with Crippen LogP contribution in [-0.2, 0) is 0 Å². The Morgan fingerprint density at radius 2 is 2.27 bits per heavy atom. The van der Waals surface area contributed by atoms with E-state index in [2.05, 4.69) is 5.18 Å². The Hall–Kier alpha value is -1.03. The van der Waals surface area contributed by atoms with Gasteiger partial charge in [0.15, 0.2) is 0 Å². The molecule has 4 heteroatoms. The third-order valence-electron chi connectivity index (χ3n) is 1.27. The van der Waals surface area contributed by atoms with Crippen LogP contribution in [0.2, 0.25) is 0 Å². The number of nitrogens with zero attached hydrogens (tertiary/aromatic N) is 1. The quantitative estimate of drug-likeness (QED) is 0.546. The van der Waals surface area contributed by atoms with Crippen molar-refractivity contribution in [2.45, 2.75) is 4.90 Å². The van der Waals surface area contributed by atoms with Crippen molar-refractivity contribution >= 4 is 17.4 Å². The van der Waals surface area contributed by atoms with Gasteiger partial charge in [-0.2, -0.15) is 0 Å². The molecule has 0 aliphatic carbocycles. The van der Waals surface area contributed by atoms with Crippen molar-refractivity contribution in [2.24, 2.45) is 5.18 Å². The summed E-state index contributed by atoms with van der Waals surface area (Å²) in [4.78, 5) is 10.7. The number of phenolic OH excluding ortho intramolecular Hbond substituents is 1. The third-order valence-corrected chi connectivity index (χ3v) is 2.04. The van der Waals surface area contributed by atoms with Gasteiger partial charge in [0.05, 0.1) is 4.90 Å². The number of thioether (sulfide) groups is 1. The lowest BCUT2D eigenvalue weighted by Crippen LogP contribution is -1.71. The maximum atomic E-state index is 10.0. The van der Waals surface area contributed by atoms with Gasteiger partial charge < -0.3 is 5.11 Å². The number of hydrogen-bond acceptors (Lipinski definition) is 4. The average Bonchev–Trinajstić information content (AvgIpc) is 2.05. The van der Waals surface area contributed by atoms with Crippen LogP contribution < -0.4 is 0 Å². The molecule has 0 amide bonds. The number of aromatic hydroxyl groups is 1. The summed E-state index contributed by atoms with van der Waals surface area (Å²) in [5.41, 5.74) is 0.340. The van der Waals surface area contributed by atoms with Crippen LogP contribution in [0.4, 0.5) is 5.69 Å². The van der Waals surface area contributed by atoms with E-state index in [0.717, 1.165) is 0 Å². The fourth-order valence-electron chi connectivity index (χ4n) is 0.723. The summed E-state index contributed by atoms with van der Waals surface area (Å²) in [5, 5.41) is 11.9. The second kappa shape index (κ2) is 3.39. The lowest BCUT2D eigenvalue weighted by molar-refractivity contribution is 0.462. The molecule has 3 nitrogen and oxygen atoms in total. The molecule has 0 saturated carbocycles. The van der Waals surface area contributed by atoms with Crippen LogP contribution in [0.15, 0.2) is 28.3 Å². The molecule has 0 aromatic heterocycles. The largest absolute Gasteiger partial charge is 0.507 e. The van der Waals surface area contributed by atoms with E-state index in [0.29, 0.717) is 10.6 Å². The van der Waals surface area contributed by atoms with Crippen LogP contribution in [-0.4, -0.2) is 11.4 Å². The Morgan fingerprint density at radius 1 is 1.55 bits per heavy atom. The van der Waals surface area contributed by atoms with Crippen molar-refractivity contribution in [3.8, 4) is 5.75 Å². The van der Waals surface area contributed by atoms with E-state index in [4.69, 9.17) is 5.11 Å². The van der Waals surface area contributed by atoms with Crippen molar-refractivity contribution in [1.29, 1.82) is 0 Å². The molecule has 1 aromatic carbocycles. The molecule has 11 heavy (non-hydrogen) atoms. The predicted octanol–water partition coefficient (Wildman–Crippen LogP) is 2.51. The van der Waals surface area contributed by atoms with Crippen LogP contribution in [0, 0.1) is 4.91 Å². The molecule has 0 heterocycles. The highest BCUT2D eigenvalue weighted by Crippen LogP contribution is 2.30. The minimum Gasteiger partial charge on any atom is -0.507 e. The van der Waals surface area contributed by atoms with Crippen molar-refractivity contribution < 1.29 is 5.11 Å². The highest BCUT2D eigenvalue weighted by molar-refractivity contribution is 7.98. The third kappa shape index (κ3) is 1.71. The van der Waals surface area contributed by atoms with E-state index in [1.165, 1.54) is 23.9 Å². The number of benzene rings is 1. The maximum absolute atomic E-state index is 10.0. The molecule has 0 atom stereocenters. The molecule has 1 aromatic rings. The number of hydrogen-bond donors (Lipinski definition) is 1. The predicted molar refractivity (Wildman–Crippen MR) is 45.3 cm³/mol. The van der Waals surface area contributed by atoms with Gasteiger partial charge in [-0.1, -0.05) is 0 Å². The summed E-state index contributed by atoms with van der Waals surface area (Å²) in [6, 6.07) is 4.48. The SMILES string of the molecule is CSc1cc(N=O)ccc1O. The highest BCUT2D eigenvalue weighted by atomic mass is 32.2. The monoisotopic (exact) mass is 169 g/mol. The number of rotatable bonds is 2. The average molecular weight is 169 g/mol. The summed E-state index contributed by atoms with van der Waals surface area (Å²) < 4.78 is 0. The standard InChI is InChI=1S/C7H7NO2S/c1-11-7-4-5(8-10)2-3-6(7)9/h2-4,9H,1H3. The van der Waals surface area contributed by atoms with Gasteiger partial charge in [0, 0.05) is 0 Å². The molecule has 0 radical (unpaired) electrons. The second-order valence-electron chi connectivity index (χ2n) is 1.95. The first-order valence-corrected chi connectivity index (χ1v) is 4.20. The van der Waals surface area contributed by atoms with Crippen LogP contribution in [0.5, 0.6) is 5.75 Å². The van der Waals surface area contributed by atoms with Gasteiger partial charge in [-0.15, -0.1) is 16.7 Å². The number of nitroso groups, excluding NO2 is 1. The first-order valence-electron chi connectivity index (χ1n) is 2.98. The van der Waals surface area contributed by atoms with Crippen LogP contribution in [0.1, 0.15) is 0 Å². The van der Waals surface area contributed by atoms with Gasteiger partial charge in [-0.3, -0.25) is 0 Å². The van der Waals surface area contributed by atoms with Crippen molar-refractivity contribution in [2.75, 3.05) is 6.26 Å². The van der Waals surface area contributed by atoms with E-state index in [1.54, 1.807) is 6.07 Å². The fourth-order valence-corrected chi connectivity index (χ4v) is 1.24. The fraction of sp³-hybridized carbons (Fsp3) is 0.143. The number of phenols is 1. The van der Waals surface area contributed by atoms with Gasteiger partial charge >= 0.3 is 0 Å². The maximum Gasteiger partial charge on any atom is 0.129 e. The molecule has 58 valence electrons. The normalized spacial score (nSPS) is 9.55. The van der Waals surface area contributed by atoms with Gasteiger partial charge in [0.2, 0.25) is 0 Å². The Bertz CT molecular complexity index is 275. The Morgan fingerprint density at radius 3 is 2.82 bits per heavy atom. The zero-order chi connectivity index (χ0) is 8.27. The van der Waals surface area contributed by atoms with Crippen LogP contribution in [0.3, 0.4) is 0 Å². The van der Waals surface area contributed by atoms with E-state index < -0.39 is 0 Å². The Labute approximate surface area is 68.4 Å². The first-order chi connectivity index (χ1) is 5.27. The molecular weight excluding hydrogens is 162 g/mol.